The molecular formula is C31H40ClFN4O6S. The van der Waals surface area contributed by atoms with Crippen molar-refractivity contribution in [3.63, 3.8) is 0 Å². The lowest BCUT2D eigenvalue weighted by atomic mass is 9.64. The van der Waals surface area contributed by atoms with Crippen LogP contribution in [0.5, 0.6) is 0 Å². The van der Waals surface area contributed by atoms with Gasteiger partial charge in [-0.25, -0.2) is 17.6 Å². The van der Waals surface area contributed by atoms with E-state index in [2.05, 4.69) is 16.0 Å². The molecule has 2 bridgehead atoms. The molecule has 10 nitrogen and oxygen atoms in total. The number of fused-ring (bicyclic) bond motifs is 2. The number of aliphatic hydroxyl groups excluding tert-OH is 1. The van der Waals surface area contributed by atoms with Crippen molar-refractivity contribution in [2.75, 3.05) is 31.3 Å². The van der Waals surface area contributed by atoms with E-state index in [0.717, 1.165) is 12.0 Å². The van der Waals surface area contributed by atoms with E-state index in [0.29, 0.717) is 56.6 Å². The highest BCUT2D eigenvalue weighted by atomic mass is 35.5. The van der Waals surface area contributed by atoms with Crippen LogP contribution in [-0.2, 0) is 31.4 Å². The quantitative estimate of drug-likeness (QED) is 0.342. The fraction of sp³-hybridized carbons (Fsp3) is 0.548. The normalized spacial score (nSPS) is 28.7. The second kappa shape index (κ2) is 13.7. The molecule has 1 aliphatic carbocycles. The Hall–Kier alpha value is -2.77. The number of sulfonamides is 1. The maximum absolute atomic E-state index is 15.3. The van der Waals surface area contributed by atoms with E-state index in [1.54, 1.807) is 22.5 Å². The van der Waals surface area contributed by atoms with E-state index in [1.165, 1.54) is 19.2 Å². The van der Waals surface area contributed by atoms with Gasteiger partial charge in [0.2, 0.25) is 15.9 Å². The van der Waals surface area contributed by atoms with Crippen molar-refractivity contribution in [2.24, 2.45) is 0 Å². The highest BCUT2D eigenvalue weighted by molar-refractivity contribution is 7.89. The Bertz CT molecular complexity index is 1450. The first-order valence-corrected chi connectivity index (χ1v) is 17.1. The summed E-state index contributed by atoms with van der Waals surface area (Å²) in [7, 11) is -2.20. The minimum absolute atomic E-state index is 0.101. The Balaban J connectivity index is 1.42. The SMILES string of the molecule is COC(=O)N[C@H](C(=O)Nc1cccc(F)c1CC[C@H]1CN[C@@H]2CCCS(=O)(=O)N1C2)C1(c2ccc(Cl)cc2)CCC(O)CC1. The molecule has 0 aromatic heterocycles. The molecular weight excluding hydrogens is 611 g/mol. The van der Waals surface area contributed by atoms with Gasteiger partial charge in [-0.2, -0.15) is 4.31 Å². The molecule has 1 unspecified atom stereocenters. The zero-order chi connectivity index (χ0) is 31.5. The van der Waals surface area contributed by atoms with Crippen molar-refractivity contribution in [3.05, 3.63) is 64.4 Å². The second-order valence-electron chi connectivity index (χ2n) is 12.0. The zero-order valence-electron chi connectivity index (χ0n) is 24.7. The first-order valence-electron chi connectivity index (χ1n) is 15.1. The lowest BCUT2D eigenvalue weighted by Gasteiger charge is -2.44. The van der Waals surface area contributed by atoms with Gasteiger partial charge in [0.15, 0.2) is 0 Å². The molecule has 240 valence electrons. The maximum atomic E-state index is 15.3. The van der Waals surface area contributed by atoms with Crippen LogP contribution < -0.4 is 16.0 Å². The minimum atomic E-state index is -3.41. The third-order valence-corrected chi connectivity index (χ3v) is 11.6. The van der Waals surface area contributed by atoms with Gasteiger partial charge < -0.3 is 25.8 Å². The molecule has 4 N–H and O–H groups in total. The average Bonchev–Trinajstić information content (AvgIpc) is 3.12. The first-order chi connectivity index (χ1) is 21.0. The average molecular weight is 651 g/mol. The molecule has 0 spiro atoms. The molecule has 3 aliphatic rings. The van der Waals surface area contributed by atoms with Crippen molar-refractivity contribution in [1.82, 2.24) is 14.9 Å². The van der Waals surface area contributed by atoms with Crippen molar-refractivity contribution in [1.29, 1.82) is 0 Å². The minimum Gasteiger partial charge on any atom is -0.453 e. The molecule has 5 rings (SSSR count). The summed E-state index contributed by atoms with van der Waals surface area (Å²) >= 11 is 6.16. The molecule has 1 saturated carbocycles. The fourth-order valence-corrected chi connectivity index (χ4v) is 8.90. The number of ether oxygens (including phenoxy) is 1. The predicted molar refractivity (Wildman–Crippen MR) is 166 cm³/mol. The van der Waals surface area contributed by atoms with E-state index in [1.807, 2.05) is 12.1 Å². The molecule has 2 aromatic carbocycles. The molecule has 3 fully saturated rings. The van der Waals surface area contributed by atoms with Crippen LogP contribution in [0.4, 0.5) is 14.9 Å². The summed E-state index contributed by atoms with van der Waals surface area (Å²) in [6, 6.07) is 10.1. The standard InChI is InChI=1S/C31H40ClFN4O6S/c1-43-30(40)36-28(31(15-13-24(38)14-16-31)20-7-9-21(32)10-8-20)29(39)35-27-6-2-5-26(33)25(27)12-11-23-18-34-22-4-3-17-44(41,42)37(23)19-22/h2,5-10,22-24,28,34,38H,3-4,11-19H2,1H3,(H,35,39)(H,36,40)/t22-,23+,24?,28-,31?/m1/s1. The number of hydrogen-bond acceptors (Lipinski definition) is 7. The van der Waals surface area contributed by atoms with E-state index in [4.69, 9.17) is 16.3 Å². The van der Waals surface area contributed by atoms with Gasteiger partial charge in [0, 0.05) is 46.9 Å². The molecule has 4 atom stereocenters. The number of benzene rings is 2. The zero-order valence-corrected chi connectivity index (χ0v) is 26.3. The van der Waals surface area contributed by atoms with Gasteiger partial charge in [-0.05, 0) is 81.2 Å². The number of piperazine rings is 1. The number of aliphatic hydroxyl groups is 1. The van der Waals surface area contributed by atoms with Gasteiger partial charge in [-0.15, -0.1) is 0 Å². The Labute approximate surface area is 262 Å². The number of methoxy groups -OCH3 is 1. The number of rotatable bonds is 8. The Morgan fingerprint density at radius 1 is 1.18 bits per heavy atom. The van der Waals surface area contributed by atoms with Crippen LogP contribution in [0, 0.1) is 5.82 Å². The summed E-state index contributed by atoms with van der Waals surface area (Å²) in [6.45, 7) is 0.872. The van der Waals surface area contributed by atoms with Gasteiger partial charge in [0.05, 0.1) is 19.0 Å². The second-order valence-corrected chi connectivity index (χ2v) is 14.5. The molecule has 2 heterocycles. The number of hydrogen-bond donors (Lipinski definition) is 4. The number of carbonyl (C=O) groups is 2. The number of halogens is 2. The summed E-state index contributed by atoms with van der Waals surface area (Å²) in [6.07, 6.45) is 2.23. The summed E-state index contributed by atoms with van der Waals surface area (Å²) in [4.78, 5) is 26.7. The van der Waals surface area contributed by atoms with Crippen LogP contribution in [0.2, 0.25) is 5.02 Å². The summed E-state index contributed by atoms with van der Waals surface area (Å²) in [5.74, 6) is -0.983. The van der Waals surface area contributed by atoms with Crippen LogP contribution >= 0.6 is 11.6 Å². The van der Waals surface area contributed by atoms with Crippen LogP contribution in [0.15, 0.2) is 42.5 Å². The Kier molecular flexibility index (Phi) is 10.2. The van der Waals surface area contributed by atoms with Gasteiger partial charge in [-0.3, -0.25) is 4.79 Å². The number of anilines is 1. The van der Waals surface area contributed by atoms with E-state index >= 15 is 4.39 Å². The fourth-order valence-electron chi connectivity index (χ4n) is 6.97. The first kappa shape index (κ1) is 32.6. The highest BCUT2D eigenvalue weighted by Gasteiger charge is 2.48. The largest absolute Gasteiger partial charge is 0.453 e. The topological polar surface area (TPSA) is 137 Å². The predicted octanol–water partition coefficient (Wildman–Crippen LogP) is 3.71. The highest BCUT2D eigenvalue weighted by Crippen LogP contribution is 2.43. The van der Waals surface area contributed by atoms with E-state index in [-0.39, 0.29) is 35.5 Å². The Morgan fingerprint density at radius 3 is 2.61 bits per heavy atom. The van der Waals surface area contributed by atoms with Crippen LogP contribution in [0.1, 0.15) is 56.1 Å². The van der Waals surface area contributed by atoms with Gasteiger partial charge >= 0.3 is 6.09 Å². The number of carbonyl (C=O) groups excluding carboxylic acids is 2. The summed E-state index contributed by atoms with van der Waals surface area (Å²) < 4.78 is 47.7. The van der Waals surface area contributed by atoms with Crippen molar-refractivity contribution in [3.8, 4) is 0 Å². The Morgan fingerprint density at radius 2 is 1.91 bits per heavy atom. The monoisotopic (exact) mass is 650 g/mol. The number of nitrogens with one attached hydrogen (secondary N) is 3. The summed E-state index contributed by atoms with van der Waals surface area (Å²) in [5, 5.41) is 19.9. The molecule has 44 heavy (non-hydrogen) atoms. The van der Waals surface area contributed by atoms with Crippen LogP contribution in [-0.4, -0.2) is 80.0 Å². The molecule has 13 heteroatoms. The van der Waals surface area contributed by atoms with Crippen LogP contribution in [0.3, 0.4) is 0 Å². The molecule has 2 amide bonds. The van der Waals surface area contributed by atoms with Crippen molar-refractivity contribution >= 4 is 39.3 Å². The van der Waals surface area contributed by atoms with Gasteiger partial charge in [0.25, 0.3) is 0 Å². The van der Waals surface area contributed by atoms with Gasteiger partial charge in [-0.1, -0.05) is 29.8 Å². The maximum Gasteiger partial charge on any atom is 0.407 e. The van der Waals surface area contributed by atoms with Crippen molar-refractivity contribution in [2.45, 2.75) is 81.0 Å². The third-order valence-electron chi connectivity index (χ3n) is 9.40. The van der Waals surface area contributed by atoms with Crippen LogP contribution in [0.25, 0.3) is 0 Å². The molecule has 2 aliphatic heterocycles. The van der Waals surface area contributed by atoms with Gasteiger partial charge in [0.1, 0.15) is 11.9 Å². The third kappa shape index (κ3) is 7.04. The number of amides is 2. The lowest BCUT2D eigenvalue weighted by Crippen LogP contribution is -2.58. The van der Waals surface area contributed by atoms with E-state index in [9.17, 15) is 23.1 Å². The smallest absolute Gasteiger partial charge is 0.407 e. The summed E-state index contributed by atoms with van der Waals surface area (Å²) in [5.41, 5.74) is 0.369. The van der Waals surface area contributed by atoms with E-state index < -0.39 is 45.4 Å². The van der Waals surface area contributed by atoms with Crippen molar-refractivity contribution < 1.29 is 32.2 Å². The number of alkyl carbamates (subject to hydrolysis) is 1. The lowest BCUT2D eigenvalue weighted by molar-refractivity contribution is -0.120. The number of nitrogens with zero attached hydrogens (tertiary/aromatic N) is 1. The molecule has 2 aromatic rings. The molecule has 0 radical (unpaired) electrons. The molecule has 2 saturated heterocycles.